The highest BCUT2D eigenvalue weighted by atomic mass is 32.2. The molecule has 1 unspecified atom stereocenters. The maximum absolute atomic E-state index is 12.8. The molecular formula is C15H17FN2O2S2. The van der Waals surface area contributed by atoms with Gasteiger partial charge in [0.25, 0.3) is 0 Å². The van der Waals surface area contributed by atoms with E-state index in [-0.39, 0.29) is 29.3 Å². The van der Waals surface area contributed by atoms with Gasteiger partial charge in [0.15, 0.2) is 0 Å². The third-order valence-corrected chi connectivity index (χ3v) is 5.04. The highest BCUT2D eigenvalue weighted by molar-refractivity contribution is 8.24. The smallest absolute Gasteiger partial charge is 0.241 e. The Balaban J connectivity index is 1.76. The topological polar surface area (TPSA) is 49.4 Å². The van der Waals surface area contributed by atoms with Crippen molar-refractivity contribution in [1.29, 1.82) is 0 Å². The predicted octanol–water partition coefficient (Wildman–Crippen LogP) is 3.18. The molecule has 0 aliphatic carbocycles. The molecular weight excluding hydrogens is 323 g/mol. The van der Waals surface area contributed by atoms with Gasteiger partial charge in [0.2, 0.25) is 11.8 Å². The summed E-state index contributed by atoms with van der Waals surface area (Å²) in [7, 11) is 0. The van der Waals surface area contributed by atoms with Crippen molar-refractivity contribution < 1.29 is 14.0 Å². The average molecular weight is 340 g/mol. The van der Waals surface area contributed by atoms with Crippen molar-refractivity contribution in [3.05, 3.63) is 30.1 Å². The molecule has 7 heteroatoms. The van der Waals surface area contributed by atoms with E-state index in [2.05, 4.69) is 5.32 Å². The third kappa shape index (κ3) is 4.27. The van der Waals surface area contributed by atoms with Crippen LogP contribution in [-0.4, -0.2) is 32.8 Å². The fourth-order valence-electron chi connectivity index (χ4n) is 2.11. The minimum atomic E-state index is -0.345. The van der Waals surface area contributed by atoms with Gasteiger partial charge in [0.1, 0.15) is 10.1 Å². The van der Waals surface area contributed by atoms with Gasteiger partial charge in [0, 0.05) is 18.7 Å². The van der Waals surface area contributed by atoms with E-state index in [9.17, 15) is 14.0 Å². The van der Waals surface area contributed by atoms with Gasteiger partial charge < -0.3 is 5.32 Å². The zero-order valence-electron chi connectivity index (χ0n) is 12.2. The van der Waals surface area contributed by atoms with E-state index in [0.29, 0.717) is 23.0 Å². The van der Waals surface area contributed by atoms with E-state index in [1.165, 1.54) is 36.0 Å². The summed E-state index contributed by atoms with van der Waals surface area (Å²) in [6.07, 6.45) is 1.58. The molecule has 0 saturated carbocycles. The van der Waals surface area contributed by atoms with Crippen molar-refractivity contribution in [2.75, 3.05) is 11.9 Å². The first-order chi connectivity index (χ1) is 10.5. The Morgan fingerprint density at radius 2 is 2.09 bits per heavy atom. The molecule has 1 heterocycles. The molecule has 2 rings (SSSR count). The van der Waals surface area contributed by atoms with E-state index in [0.717, 1.165) is 6.42 Å². The van der Waals surface area contributed by atoms with E-state index in [1.807, 2.05) is 6.92 Å². The van der Waals surface area contributed by atoms with Crippen LogP contribution in [-0.2, 0) is 9.59 Å². The quantitative estimate of drug-likeness (QED) is 0.808. The van der Waals surface area contributed by atoms with Gasteiger partial charge in [-0.1, -0.05) is 30.9 Å². The number of thiocarbonyl (C=S) groups is 1. The number of hydrogen-bond donors (Lipinski definition) is 1. The Hall–Kier alpha value is -1.47. The van der Waals surface area contributed by atoms with Gasteiger partial charge in [-0.25, -0.2) is 4.39 Å². The molecule has 0 aromatic heterocycles. The fraction of sp³-hybridized carbons (Fsp3) is 0.400. The Morgan fingerprint density at radius 3 is 2.68 bits per heavy atom. The maximum atomic E-state index is 12.8. The summed E-state index contributed by atoms with van der Waals surface area (Å²) in [4.78, 5) is 25.4. The predicted molar refractivity (Wildman–Crippen MR) is 90.2 cm³/mol. The van der Waals surface area contributed by atoms with E-state index in [1.54, 1.807) is 4.90 Å². The lowest BCUT2D eigenvalue weighted by Gasteiger charge is -2.15. The minimum Gasteiger partial charge on any atom is -0.326 e. The van der Waals surface area contributed by atoms with Crippen LogP contribution in [0.5, 0.6) is 0 Å². The van der Waals surface area contributed by atoms with E-state index < -0.39 is 0 Å². The Labute approximate surface area is 138 Å². The van der Waals surface area contributed by atoms with E-state index in [4.69, 9.17) is 12.2 Å². The molecule has 2 amide bonds. The van der Waals surface area contributed by atoms with Crippen LogP contribution in [0.2, 0.25) is 0 Å². The second-order valence-electron chi connectivity index (χ2n) is 4.93. The maximum Gasteiger partial charge on any atom is 0.241 e. The second-order valence-corrected chi connectivity index (χ2v) is 6.77. The van der Waals surface area contributed by atoms with Crippen LogP contribution in [0, 0.1) is 5.82 Å². The minimum absolute atomic E-state index is 0.0384. The molecule has 1 aromatic rings. The van der Waals surface area contributed by atoms with E-state index >= 15 is 0 Å². The van der Waals surface area contributed by atoms with Crippen molar-refractivity contribution in [3.8, 4) is 0 Å². The molecule has 1 aliphatic heterocycles. The van der Waals surface area contributed by atoms with Gasteiger partial charge in [-0.05, 0) is 37.1 Å². The SMILES string of the molecule is CCC1SC(=S)N(CCCC(=O)Nc2ccc(F)cc2)C1=O. The zero-order valence-corrected chi connectivity index (χ0v) is 13.8. The average Bonchev–Trinajstić information content (AvgIpc) is 2.77. The highest BCUT2D eigenvalue weighted by Crippen LogP contribution is 2.29. The molecule has 0 spiro atoms. The molecule has 0 radical (unpaired) electrons. The van der Waals surface area contributed by atoms with Crippen LogP contribution in [0.1, 0.15) is 26.2 Å². The zero-order chi connectivity index (χ0) is 16.1. The van der Waals surface area contributed by atoms with Crippen molar-refractivity contribution in [2.45, 2.75) is 31.4 Å². The first-order valence-electron chi connectivity index (χ1n) is 7.08. The molecule has 1 fully saturated rings. The first-order valence-corrected chi connectivity index (χ1v) is 8.37. The summed E-state index contributed by atoms with van der Waals surface area (Å²) >= 11 is 6.61. The Morgan fingerprint density at radius 1 is 1.41 bits per heavy atom. The van der Waals surface area contributed by atoms with Gasteiger partial charge >= 0.3 is 0 Å². The molecule has 22 heavy (non-hydrogen) atoms. The van der Waals surface area contributed by atoms with Crippen LogP contribution in [0.25, 0.3) is 0 Å². The molecule has 1 N–H and O–H groups in total. The number of nitrogens with one attached hydrogen (secondary N) is 1. The Bertz CT molecular complexity index is 577. The summed E-state index contributed by atoms with van der Waals surface area (Å²) in [5.41, 5.74) is 0.556. The largest absolute Gasteiger partial charge is 0.326 e. The third-order valence-electron chi connectivity index (χ3n) is 3.29. The van der Waals surface area contributed by atoms with Crippen LogP contribution >= 0.6 is 24.0 Å². The Kier molecular flexibility index (Phi) is 5.90. The molecule has 118 valence electrons. The lowest BCUT2D eigenvalue weighted by atomic mass is 10.2. The van der Waals surface area contributed by atoms with Gasteiger partial charge in [-0.3, -0.25) is 14.5 Å². The normalized spacial score (nSPS) is 17.9. The molecule has 1 saturated heterocycles. The highest BCUT2D eigenvalue weighted by Gasteiger charge is 2.35. The number of halogens is 1. The second kappa shape index (κ2) is 7.69. The fourth-order valence-corrected chi connectivity index (χ4v) is 3.59. The summed E-state index contributed by atoms with van der Waals surface area (Å²) in [6, 6.07) is 5.60. The number of benzene rings is 1. The molecule has 4 nitrogen and oxygen atoms in total. The first kappa shape index (κ1) is 16.9. The molecule has 1 atom stereocenters. The molecule has 1 aromatic carbocycles. The van der Waals surface area contributed by atoms with Crippen molar-refractivity contribution in [2.24, 2.45) is 0 Å². The lowest BCUT2D eigenvalue weighted by Crippen LogP contribution is -2.32. The van der Waals surface area contributed by atoms with Gasteiger partial charge in [0.05, 0.1) is 5.25 Å². The number of amides is 2. The van der Waals surface area contributed by atoms with Gasteiger partial charge in [-0.2, -0.15) is 0 Å². The number of thioether (sulfide) groups is 1. The molecule has 0 bridgehead atoms. The monoisotopic (exact) mass is 340 g/mol. The number of carbonyl (C=O) groups excluding carboxylic acids is 2. The van der Waals surface area contributed by atoms with Crippen LogP contribution in [0.4, 0.5) is 10.1 Å². The number of carbonyl (C=O) groups is 2. The van der Waals surface area contributed by atoms with Gasteiger partial charge in [-0.15, -0.1) is 0 Å². The summed E-state index contributed by atoms with van der Waals surface area (Å²) < 4.78 is 13.4. The van der Waals surface area contributed by atoms with Crippen LogP contribution in [0.3, 0.4) is 0 Å². The number of anilines is 1. The number of rotatable bonds is 6. The number of hydrogen-bond acceptors (Lipinski definition) is 4. The number of nitrogens with zero attached hydrogens (tertiary/aromatic N) is 1. The molecule has 1 aliphatic rings. The van der Waals surface area contributed by atoms with Crippen molar-refractivity contribution in [3.63, 3.8) is 0 Å². The summed E-state index contributed by atoms with van der Waals surface area (Å²) in [5, 5.41) is 2.61. The lowest BCUT2D eigenvalue weighted by molar-refractivity contribution is -0.126. The van der Waals surface area contributed by atoms with Crippen molar-refractivity contribution in [1.82, 2.24) is 4.90 Å². The van der Waals surface area contributed by atoms with Crippen molar-refractivity contribution >= 4 is 45.8 Å². The summed E-state index contributed by atoms with van der Waals surface area (Å²) in [5.74, 6) is -0.470. The van der Waals surface area contributed by atoms with Crippen LogP contribution in [0.15, 0.2) is 24.3 Å². The standard InChI is InChI=1S/C15H17FN2O2S2/c1-2-12-14(20)18(15(21)22-12)9-3-4-13(19)17-11-7-5-10(16)6-8-11/h5-8,12H,2-4,9H2,1H3,(H,17,19). The summed E-state index contributed by atoms with van der Waals surface area (Å²) in [6.45, 7) is 2.41. The van der Waals surface area contributed by atoms with Crippen LogP contribution < -0.4 is 5.32 Å².